The summed E-state index contributed by atoms with van der Waals surface area (Å²) < 4.78 is 17.3. The van der Waals surface area contributed by atoms with Crippen molar-refractivity contribution in [2.75, 3.05) is 19.8 Å². The Kier molecular flexibility index (Phi) is 7.54. The maximum atomic E-state index is 6.32. The molecular weight excluding hydrogens is 370 g/mol. The molecule has 6 heteroatoms. The van der Waals surface area contributed by atoms with Gasteiger partial charge < -0.3 is 19.9 Å². The van der Waals surface area contributed by atoms with Gasteiger partial charge in [0.1, 0.15) is 24.0 Å². The quantitative estimate of drug-likeness (QED) is 0.482. The van der Waals surface area contributed by atoms with Crippen molar-refractivity contribution in [3.05, 3.63) is 52.5 Å². The van der Waals surface area contributed by atoms with Gasteiger partial charge in [-0.05, 0) is 36.6 Å². The largest absolute Gasteiger partial charge is 0.490 e. The van der Waals surface area contributed by atoms with Crippen LogP contribution in [0.5, 0.6) is 17.2 Å². The van der Waals surface area contributed by atoms with E-state index in [9.17, 15) is 0 Å². The Balaban J connectivity index is 2.05. The fourth-order valence-electron chi connectivity index (χ4n) is 2.50. The Hall–Kier alpha value is -1.98. The molecule has 2 aromatic carbocycles. The molecule has 0 fully saturated rings. The molecule has 140 valence electrons. The molecule has 0 aliphatic carbocycles. The van der Waals surface area contributed by atoms with Crippen LogP contribution >= 0.6 is 23.8 Å². The second-order valence-corrected chi connectivity index (χ2v) is 6.82. The van der Waals surface area contributed by atoms with Gasteiger partial charge >= 0.3 is 0 Å². The number of hydrogen-bond acceptors (Lipinski definition) is 4. The van der Waals surface area contributed by atoms with E-state index >= 15 is 0 Å². The van der Waals surface area contributed by atoms with Crippen LogP contribution < -0.4 is 19.9 Å². The summed E-state index contributed by atoms with van der Waals surface area (Å²) in [6.07, 6.45) is 0. The first-order valence-electron chi connectivity index (χ1n) is 8.54. The number of nitrogens with two attached hydrogens (primary N) is 1. The van der Waals surface area contributed by atoms with Crippen molar-refractivity contribution < 1.29 is 14.2 Å². The van der Waals surface area contributed by atoms with E-state index in [0.29, 0.717) is 47.8 Å². The highest BCUT2D eigenvalue weighted by molar-refractivity contribution is 7.80. The van der Waals surface area contributed by atoms with Crippen LogP contribution in [0.3, 0.4) is 0 Å². The van der Waals surface area contributed by atoms with Crippen LogP contribution in [0.15, 0.2) is 36.4 Å². The SMILES string of the molecule is CCOc1cc(C(N)=S)cc(Cl)c1OCCOc1ccccc1C(C)C. The van der Waals surface area contributed by atoms with Crippen molar-refractivity contribution in [3.8, 4) is 17.2 Å². The summed E-state index contributed by atoms with van der Waals surface area (Å²) in [6.45, 7) is 7.36. The molecule has 2 N–H and O–H groups in total. The zero-order valence-electron chi connectivity index (χ0n) is 15.3. The Morgan fingerprint density at radius 1 is 1.08 bits per heavy atom. The van der Waals surface area contributed by atoms with Crippen LogP contribution in [0.1, 0.15) is 37.8 Å². The first kappa shape index (κ1) is 20.3. The molecular formula is C20H24ClNO3S. The average molecular weight is 394 g/mol. The van der Waals surface area contributed by atoms with Crippen LogP contribution in [0.2, 0.25) is 5.02 Å². The van der Waals surface area contributed by atoms with Crippen LogP contribution in [0.25, 0.3) is 0 Å². The molecule has 0 radical (unpaired) electrons. The Bertz CT molecular complexity index is 765. The predicted molar refractivity (Wildman–Crippen MR) is 110 cm³/mol. The van der Waals surface area contributed by atoms with Crippen LogP contribution in [-0.2, 0) is 0 Å². The van der Waals surface area contributed by atoms with Crippen molar-refractivity contribution in [2.24, 2.45) is 5.73 Å². The zero-order chi connectivity index (χ0) is 19.1. The van der Waals surface area contributed by atoms with Gasteiger partial charge in [0.05, 0.1) is 11.6 Å². The smallest absolute Gasteiger partial charge is 0.179 e. The Labute approximate surface area is 165 Å². The number of para-hydroxylation sites is 1. The van der Waals surface area contributed by atoms with Gasteiger partial charge in [-0.25, -0.2) is 0 Å². The fraction of sp³-hybridized carbons (Fsp3) is 0.350. The van der Waals surface area contributed by atoms with Crippen molar-refractivity contribution in [1.29, 1.82) is 0 Å². The summed E-state index contributed by atoms with van der Waals surface area (Å²) in [6, 6.07) is 11.4. The second-order valence-electron chi connectivity index (χ2n) is 5.97. The maximum Gasteiger partial charge on any atom is 0.179 e. The van der Waals surface area contributed by atoms with Crippen LogP contribution in [0.4, 0.5) is 0 Å². The highest BCUT2D eigenvalue weighted by atomic mass is 35.5. The molecule has 0 aliphatic rings. The van der Waals surface area contributed by atoms with E-state index in [0.717, 1.165) is 5.75 Å². The van der Waals surface area contributed by atoms with E-state index in [4.69, 9.17) is 43.8 Å². The highest BCUT2D eigenvalue weighted by Gasteiger charge is 2.14. The number of benzene rings is 2. The normalized spacial score (nSPS) is 10.7. The number of hydrogen-bond donors (Lipinski definition) is 1. The van der Waals surface area contributed by atoms with E-state index in [1.165, 1.54) is 5.56 Å². The molecule has 26 heavy (non-hydrogen) atoms. The van der Waals surface area contributed by atoms with Gasteiger partial charge in [0.15, 0.2) is 11.5 Å². The average Bonchev–Trinajstić information content (AvgIpc) is 2.60. The zero-order valence-corrected chi connectivity index (χ0v) is 16.8. The molecule has 0 saturated heterocycles. The van der Waals surface area contributed by atoms with Gasteiger partial charge in [-0.3, -0.25) is 0 Å². The molecule has 0 aliphatic heterocycles. The number of thiocarbonyl (C=S) groups is 1. The first-order valence-corrected chi connectivity index (χ1v) is 9.33. The summed E-state index contributed by atoms with van der Waals surface area (Å²) >= 11 is 11.3. The van der Waals surface area contributed by atoms with Gasteiger partial charge in [0, 0.05) is 5.56 Å². The lowest BCUT2D eigenvalue weighted by molar-refractivity contribution is 0.207. The minimum atomic E-state index is 0.257. The first-order chi connectivity index (χ1) is 12.4. The van der Waals surface area contributed by atoms with Crippen LogP contribution in [-0.4, -0.2) is 24.8 Å². The summed E-state index contributed by atoms with van der Waals surface area (Å²) in [5.74, 6) is 2.24. The van der Waals surface area contributed by atoms with Crippen molar-refractivity contribution in [1.82, 2.24) is 0 Å². The molecule has 0 unspecified atom stereocenters. The van der Waals surface area contributed by atoms with Gasteiger partial charge in [-0.2, -0.15) is 0 Å². The van der Waals surface area contributed by atoms with Gasteiger partial charge in [-0.15, -0.1) is 0 Å². The molecule has 0 aromatic heterocycles. The molecule has 2 rings (SSSR count). The van der Waals surface area contributed by atoms with Crippen molar-refractivity contribution in [3.63, 3.8) is 0 Å². The number of rotatable bonds is 9. The topological polar surface area (TPSA) is 53.7 Å². The third kappa shape index (κ3) is 5.26. The van der Waals surface area contributed by atoms with Crippen molar-refractivity contribution >= 4 is 28.8 Å². The lowest BCUT2D eigenvalue weighted by atomic mass is 10.0. The summed E-state index contributed by atoms with van der Waals surface area (Å²) in [7, 11) is 0. The molecule has 0 amide bonds. The van der Waals surface area contributed by atoms with Gasteiger partial charge in [-0.1, -0.05) is 55.9 Å². The van der Waals surface area contributed by atoms with Gasteiger partial charge in [0.25, 0.3) is 0 Å². The van der Waals surface area contributed by atoms with Crippen LogP contribution in [0, 0.1) is 0 Å². The molecule has 0 saturated carbocycles. The molecule has 0 heterocycles. The number of ether oxygens (including phenoxy) is 3. The lowest BCUT2D eigenvalue weighted by Gasteiger charge is -2.16. The monoisotopic (exact) mass is 393 g/mol. The number of halogens is 1. The third-order valence-corrected chi connectivity index (χ3v) is 4.24. The maximum absolute atomic E-state index is 6.32. The van der Waals surface area contributed by atoms with E-state index in [2.05, 4.69) is 19.9 Å². The van der Waals surface area contributed by atoms with E-state index in [1.54, 1.807) is 12.1 Å². The minimum Gasteiger partial charge on any atom is -0.490 e. The lowest BCUT2D eigenvalue weighted by Crippen LogP contribution is -2.13. The van der Waals surface area contributed by atoms with Crippen molar-refractivity contribution in [2.45, 2.75) is 26.7 Å². The molecule has 0 bridgehead atoms. The summed E-state index contributed by atoms with van der Waals surface area (Å²) in [5, 5.41) is 0.404. The predicted octanol–water partition coefficient (Wildman–Crippen LogP) is 4.95. The third-order valence-electron chi connectivity index (χ3n) is 3.72. The molecule has 4 nitrogen and oxygen atoms in total. The molecule has 2 aromatic rings. The highest BCUT2D eigenvalue weighted by Crippen LogP contribution is 2.36. The van der Waals surface area contributed by atoms with E-state index in [1.807, 2.05) is 25.1 Å². The van der Waals surface area contributed by atoms with E-state index < -0.39 is 0 Å². The fourth-order valence-corrected chi connectivity index (χ4v) is 2.88. The summed E-state index contributed by atoms with van der Waals surface area (Å²) in [4.78, 5) is 0.257. The Morgan fingerprint density at radius 2 is 1.77 bits per heavy atom. The molecule has 0 atom stereocenters. The summed E-state index contributed by atoms with van der Waals surface area (Å²) in [5.41, 5.74) is 7.49. The van der Waals surface area contributed by atoms with E-state index in [-0.39, 0.29) is 4.99 Å². The minimum absolute atomic E-state index is 0.257. The standard InChI is InChI=1S/C20H24ClNO3S/c1-4-23-18-12-14(20(22)26)11-16(21)19(18)25-10-9-24-17-8-6-5-7-15(17)13(2)3/h5-8,11-13H,4,9-10H2,1-3H3,(H2,22,26). The molecule has 0 spiro atoms. The second kappa shape index (κ2) is 9.64. The Morgan fingerprint density at radius 3 is 2.42 bits per heavy atom. The van der Waals surface area contributed by atoms with Gasteiger partial charge in [0.2, 0.25) is 0 Å².